The van der Waals surface area contributed by atoms with E-state index in [2.05, 4.69) is 4.74 Å². The van der Waals surface area contributed by atoms with Gasteiger partial charge in [0.1, 0.15) is 6.54 Å². The zero-order valence-electron chi connectivity index (χ0n) is 11.9. The first kappa shape index (κ1) is 18.7. The van der Waals surface area contributed by atoms with E-state index in [-0.39, 0.29) is 25.8 Å². The molecule has 0 aliphatic carbocycles. The van der Waals surface area contributed by atoms with Crippen molar-refractivity contribution in [2.75, 3.05) is 20.2 Å². The molecule has 2 N–H and O–H groups in total. The van der Waals surface area contributed by atoms with Gasteiger partial charge in [-0.25, -0.2) is 0 Å². The van der Waals surface area contributed by atoms with Gasteiger partial charge in [0, 0.05) is 6.54 Å². The number of hydrogen-bond acceptors (Lipinski definition) is 4. The van der Waals surface area contributed by atoms with E-state index < -0.39 is 30.1 Å². The summed E-state index contributed by atoms with van der Waals surface area (Å²) in [5.74, 6) is -1.48. The first-order valence-corrected chi connectivity index (χ1v) is 6.31. The van der Waals surface area contributed by atoms with Crippen molar-refractivity contribution in [1.29, 1.82) is 0 Å². The maximum absolute atomic E-state index is 12.5. The lowest BCUT2D eigenvalue weighted by molar-refractivity contribution is -0.166. The van der Waals surface area contributed by atoms with Crippen LogP contribution in [0.5, 0.6) is 0 Å². The number of nitrogens with two attached hydrogens (primary N) is 1. The van der Waals surface area contributed by atoms with E-state index in [4.69, 9.17) is 5.73 Å². The van der Waals surface area contributed by atoms with Crippen LogP contribution in [0.25, 0.3) is 0 Å². The van der Waals surface area contributed by atoms with E-state index in [1.165, 1.54) is 0 Å². The van der Waals surface area contributed by atoms with Gasteiger partial charge in [-0.05, 0) is 12.8 Å². The molecule has 0 aliphatic rings. The van der Waals surface area contributed by atoms with Crippen molar-refractivity contribution in [2.24, 2.45) is 5.73 Å². The highest BCUT2D eigenvalue weighted by Crippen LogP contribution is 2.21. The monoisotopic (exact) mass is 298 g/mol. The Morgan fingerprint density at radius 3 is 2.05 bits per heavy atom. The molecule has 20 heavy (non-hydrogen) atoms. The lowest BCUT2D eigenvalue weighted by Gasteiger charge is -2.33. The molecule has 0 rings (SSSR count). The minimum atomic E-state index is -4.55. The average Bonchev–Trinajstić information content (AvgIpc) is 2.39. The summed E-state index contributed by atoms with van der Waals surface area (Å²) in [4.78, 5) is 23.7. The number of halogens is 3. The molecule has 0 fully saturated rings. The highest BCUT2D eigenvalue weighted by atomic mass is 19.4. The number of hydrogen-bond donors (Lipinski definition) is 1. The Morgan fingerprint density at radius 2 is 1.70 bits per heavy atom. The third kappa shape index (κ3) is 5.77. The standard InChI is InChI=1S/C12H21F3N2O3/c1-4-11(16,5-2)10(19)17(8-12(13,14)15)7-6-9(18)20-3/h4-8,16H2,1-3H3. The van der Waals surface area contributed by atoms with Gasteiger partial charge in [0.25, 0.3) is 0 Å². The fourth-order valence-electron chi connectivity index (χ4n) is 1.66. The van der Waals surface area contributed by atoms with Crippen LogP contribution in [0.3, 0.4) is 0 Å². The molecule has 0 spiro atoms. The van der Waals surface area contributed by atoms with E-state index >= 15 is 0 Å². The Bertz CT molecular complexity index is 341. The van der Waals surface area contributed by atoms with Gasteiger partial charge in [-0.15, -0.1) is 0 Å². The second-order valence-corrected chi connectivity index (χ2v) is 4.53. The zero-order chi connectivity index (χ0) is 16.0. The molecular weight excluding hydrogens is 277 g/mol. The molecule has 0 atom stereocenters. The van der Waals surface area contributed by atoms with Crippen LogP contribution in [-0.4, -0.2) is 48.7 Å². The predicted octanol–water partition coefficient (Wildman–Crippen LogP) is 1.46. The average molecular weight is 298 g/mol. The molecule has 118 valence electrons. The first-order chi connectivity index (χ1) is 9.09. The molecule has 0 aromatic carbocycles. The summed E-state index contributed by atoms with van der Waals surface area (Å²) >= 11 is 0. The van der Waals surface area contributed by atoms with Crippen molar-refractivity contribution < 1.29 is 27.5 Å². The van der Waals surface area contributed by atoms with E-state index in [9.17, 15) is 22.8 Å². The largest absolute Gasteiger partial charge is 0.469 e. The molecule has 5 nitrogen and oxygen atoms in total. The summed E-state index contributed by atoms with van der Waals surface area (Å²) in [7, 11) is 1.13. The summed E-state index contributed by atoms with van der Waals surface area (Å²) in [5, 5.41) is 0. The van der Waals surface area contributed by atoms with Gasteiger partial charge >= 0.3 is 12.1 Å². The molecule has 0 saturated heterocycles. The predicted molar refractivity (Wildman–Crippen MR) is 66.8 cm³/mol. The van der Waals surface area contributed by atoms with Gasteiger partial charge in [-0.2, -0.15) is 13.2 Å². The number of amides is 1. The highest BCUT2D eigenvalue weighted by Gasteiger charge is 2.39. The number of alkyl halides is 3. The lowest BCUT2D eigenvalue weighted by Crippen LogP contribution is -2.56. The van der Waals surface area contributed by atoms with Gasteiger partial charge in [0.05, 0.1) is 19.1 Å². The normalized spacial score (nSPS) is 12.2. The van der Waals surface area contributed by atoms with Gasteiger partial charge in [0.2, 0.25) is 5.91 Å². The molecule has 1 amide bonds. The molecular formula is C12H21F3N2O3. The van der Waals surface area contributed by atoms with Crippen LogP contribution in [0.2, 0.25) is 0 Å². The summed E-state index contributed by atoms with van der Waals surface area (Å²) in [6.07, 6.45) is -4.42. The molecule has 0 aliphatic heterocycles. The highest BCUT2D eigenvalue weighted by molar-refractivity contribution is 5.86. The fourth-order valence-corrected chi connectivity index (χ4v) is 1.66. The third-order valence-corrected chi connectivity index (χ3v) is 3.16. The topological polar surface area (TPSA) is 72.6 Å². The molecule has 0 heterocycles. The second-order valence-electron chi connectivity index (χ2n) is 4.53. The van der Waals surface area contributed by atoms with Crippen LogP contribution in [-0.2, 0) is 14.3 Å². The van der Waals surface area contributed by atoms with E-state index in [1.54, 1.807) is 13.8 Å². The Labute approximate surface area is 116 Å². The number of esters is 1. The summed E-state index contributed by atoms with van der Waals surface area (Å²) in [5.41, 5.74) is 4.48. The molecule has 0 aromatic heterocycles. The smallest absolute Gasteiger partial charge is 0.406 e. The van der Waals surface area contributed by atoms with Crippen molar-refractivity contribution >= 4 is 11.9 Å². The molecule has 0 radical (unpaired) electrons. The van der Waals surface area contributed by atoms with Crippen LogP contribution in [0.4, 0.5) is 13.2 Å². The summed E-state index contributed by atoms with van der Waals surface area (Å²) < 4.78 is 41.9. The number of ether oxygens (including phenoxy) is 1. The van der Waals surface area contributed by atoms with Crippen LogP contribution in [0, 0.1) is 0 Å². The molecule has 0 saturated carbocycles. The van der Waals surface area contributed by atoms with Crippen molar-refractivity contribution in [3.63, 3.8) is 0 Å². The fraction of sp³-hybridized carbons (Fsp3) is 0.833. The maximum Gasteiger partial charge on any atom is 0.406 e. The van der Waals surface area contributed by atoms with E-state index in [0.29, 0.717) is 4.90 Å². The van der Waals surface area contributed by atoms with Crippen molar-refractivity contribution in [3.05, 3.63) is 0 Å². The lowest BCUT2D eigenvalue weighted by atomic mass is 9.92. The second kappa shape index (κ2) is 7.47. The van der Waals surface area contributed by atoms with Gasteiger partial charge in [0.15, 0.2) is 0 Å². The third-order valence-electron chi connectivity index (χ3n) is 3.16. The van der Waals surface area contributed by atoms with Crippen LogP contribution in [0.15, 0.2) is 0 Å². The molecule has 0 aromatic rings. The number of carbonyl (C=O) groups is 2. The number of nitrogens with zero attached hydrogens (tertiary/aromatic N) is 1. The van der Waals surface area contributed by atoms with E-state index in [0.717, 1.165) is 7.11 Å². The first-order valence-electron chi connectivity index (χ1n) is 6.31. The minimum Gasteiger partial charge on any atom is -0.469 e. The van der Waals surface area contributed by atoms with Crippen molar-refractivity contribution in [1.82, 2.24) is 4.90 Å². The molecule has 0 bridgehead atoms. The minimum absolute atomic E-state index is 0.217. The van der Waals surface area contributed by atoms with Gasteiger partial charge < -0.3 is 15.4 Å². The van der Waals surface area contributed by atoms with Crippen molar-refractivity contribution in [3.8, 4) is 0 Å². The molecule has 8 heteroatoms. The Balaban J connectivity index is 5.01. The summed E-state index contributed by atoms with van der Waals surface area (Å²) in [6.45, 7) is 1.46. The maximum atomic E-state index is 12.5. The van der Waals surface area contributed by atoms with Gasteiger partial charge in [-0.1, -0.05) is 13.8 Å². The Morgan fingerprint density at radius 1 is 1.20 bits per heavy atom. The zero-order valence-corrected chi connectivity index (χ0v) is 11.9. The van der Waals surface area contributed by atoms with Crippen LogP contribution < -0.4 is 5.73 Å². The number of carbonyl (C=O) groups excluding carboxylic acids is 2. The van der Waals surface area contributed by atoms with E-state index in [1.807, 2.05) is 0 Å². The summed E-state index contributed by atoms with van der Waals surface area (Å²) in [6, 6.07) is 0. The van der Waals surface area contributed by atoms with Crippen molar-refractivity contribution in [2.45, 2.75) is 44.8 Å². The van der Waals surface area contributed by atoms with Crippen LogP contribution in [0.1, 0.15) is 33.1 Å². The SMILES string of the molecule is CCC(N)(CC)C(=O)N(CCC(=O)OC)CC(F)(F)F. The number of rotatable bonds is 7. The molecule has 0 unspecified atom stereocenters. The van der Waals surface area contributed by atoms with Gasteiger partial charge in [-0.3, -0.25) is 9.59 Å². The quantitative estimate of drug-likeness (QED) is 0.722. The number of methoxy groups -OCH3 is 1. The van der Waals surface area contributed by atoms with Crippen LogP contribution >= 0.6 is 0 Å². The Hall–Kier alpha value is -1.31. The Kier molecular flexibility index (Phi) is 6.98.